The monoisotopic (exact) mass is 348 g/mol. The van der Waals surface area contributed by atoms with Gasteiger partial charge in [0.05, 0.1) is 12.2 Å². The number of benzene rings is 1. The number of urea groups is 1. The summed E-state index contributed by atoms with van der Waals surface area (Å²) < 4.78 is 0. The lowest BCUT2D eigenvalue weighted by atomic mass is 9.73. The van der Waals surface area contributed by atoms with Crippen LogP contribution in [-0.4, -0.2) is 41.5 Å². The van der Waals surface area contributed by atoms with Gasteiger partial charge in [-0.1, -0.05) is 50.1 Å². The van der Waals surface area contributed by atoms with Crippen molar-refractivity contribution >= 4 is 6.03 Å². The fraction of sp³-hybridized carbons (Fsp3) is 0.650. The summed E-state index contributed by atoms with van der Waals surface area (Å²) in [6.45, 7) is 4.76. The van der Waals surface area contributed by atoms with Crippen LogP contribution in [-0.2, 0) is 0 Å². The molecule has 0 saturated heterocycles. The highest BCUT2D eigenvalue weighted by Gasteiger charge is 2.35. The number of amides is 2. The number of hydrogen-bond acceptors (Lipinski definition) is 3. The molecule has 1 fully saturated rings. The number of aliphatic hydroxyl groups is 2. The van der Waals surface area contributed by atoms with E-state index in [9.17, 15) is 15.0 Å². The van der Waals surface area contributed by atoms with Crippen LogP contribution in [0.4, 0.5) is 4.79 Å². The summed E-state index contributed by atoms with van der Waals surface area (Å²) >= 11 is 0. The van der Waals surface area contributed by atoms with Gasteiger partial charge >= 0.3 is 6.03 Å². The molecule has 140 valence electrons. The average Bonchev–Trinajstić information content (AvgIpc) is 2.60. The number of rotatable bonds is 7. The van der Waals surface area contributed by atoms with E-state index >= 15 is 0 Å². The van der Waals surface area contributed by atoms with Gasteiger partial charge in [0.25, 0.3) is 0 Å². The number of hydrogen-bond donors (Lipinski definition) is 4. The van der Waals surface area contributed by atoms with E-state index in [1.165, 1.54) is 0 Å². The summed E-state index contributed by atoms with van der Waals surface area (Å²) in [5.41, 5.74) is 0.868. The SMILES string of the molecule is CC(O)CC(CNC(=O)NCC1(C)CCCCC1O)c1ccccc1. The van der Waals surface area contributed by atoms with Crippen LogP contribution >= 0.6 is 0 Å². The summed E-state index contributed by atoms with van der Waals surface area (Å²) in [6.07, 6.45) is 3.72. The van der Waals surface area contributed by atoms with Crippen LogP contribution in [0.2, 0.25) is 0 Å². The van der Waals surface area contributed by atoms with Gasteiger partial charge in [-0.15, -0.1) is 0 Å². The second-order valence-electron chi connectivity index (χ2n) is 7.67. The normalized spacial score (nSPS) is 25.8. The zero-order chi connectivity index (χ0) is 18.3. The Hall–Kier alpha value is -1.59. The van der Waals surface area contributed by atoms with E-state index in [1.54, 1.807) is 6.92 Å². The first-order valence-corrected chi connectivity index (χ1v) is 9.33. The zero-order valence-electron chi connectivity index (χ0n) is 15.4. The summed E-state index contributed by atoms with van der Waals surface area (Å²) in [6, 6.07) is 9.72. The van der Waals surface area contributed by atoms with Crippen LogP contribution in [0.15, 0.2) is 30.3 Å². The van der Waals surface area contributed by atoms with Crippen molar-refractivity contribution in [3.8, 4) is 0 Å². The molecule has 0 aromatic heterocycles. The van der Waals surface area contributed by atoms with E-state index < -0.39 is 6.10 Å². The van der Waals surface area contributed by atoms with Gasteiger partial charge in [0.15, 0.2) is 0 Å². The standard InChI is InChI=1S/C20H32N2O3/c1-15(23)12-17(16-8-4-3-5-9-16)13-21-19(25)22-14-20(2)11-7-6-10-18(20)24/h3-5,8-9,15,17-18,23-24H,6-7,10-14H2,1-2H3,(H2,21,22,25). The second-order valence-corrected chi connectivity index (χ2v) is 7.67. The van der Waals surface area contributed by atoms with Crippen molar-refractivity contribution in [3.05, 3.63) is 35.9 Å². The highest BCUT2D eigenvalue weighted by molar-refractivity contribution is 5.73. The molecule has 1 aromatic carbocycles. The highest BCUT2D eigenvalue weighted by atomic mass is 16.3. The number of aliphatic hydroxyl groups excluding tert-OH is 2. The quantitative estimate of drug-likeness (QED) is 0.611. The number of carbonyl (C=O) groups is 1. The Bertz CT molecular complexity index is 535. The van der Waals surface area contributed by atoms with E-state index in [2.05, 4.69) is 10.6 Å². The van der Waals surface area contributed by atoms with Crippen LogP contribution in [0.5, 0.6) is 0 Å². The van der Waals surface area contributed by atoms with Crippen molar-refractivity contribution in [2.75, 3.05) is 13.1 Å². The zero-order valence-corrected chi connectivity index (χ0v) is 15.4. The Labute approximate surface area is 150 Å². The summed E-state index contributed by atoms with van der Waals surface area (Å²) in [5.74, 6) is 0.0720. The van der Waals surface area contributed by atoms with Gasteiger partial charge < -0.3 is 20.8 Å². The van der Waals surface area contributed by atoms with E-state index in [-0.39, 0.29) is 23.5 Å². The van der Waals surface area contributed by atoms with Gasteiger partial charge in [-0.3, -0.25) is 0 Å². The fourth-order valence-corrected chi connectivity index (χ4v) is 3.62. The molecule has 0 spiro atoms. The lowest BCUT2D eigenvalue weighted by molar-refractivity contribution is 0.00308. The molecule has 1 aliphatic carbocycles. The maximum atomic E-state index is 12.2. The molecule has 4 atom stereocenters. The number of carbonyl (C=O) groups excluding carboxylic acids is 1. The first kappa shape index (κ1) is 19.7. The van der Waals surface area contributed by atoms with Gasteiger partial charge in [0, 0.05) is 24.4 Å². The summed E-state index contributed by atoms with van der Waals surface area (Å²) in [5, 5.41) is 25.8. The molecule has 0 radical (unpaired) electrons. The highest BCUT2D eigenvalue weighted by Crippen LogP contribution is 2.35. The topological polar surface area (TPSA) is 81.6 Å². The van der Waals surface area contributed by atoms with Crippen LogP contribution in [0.1, 0.15) is 57.4 Å². The minimum absolute atomic E-state index is 0.0720. The van der Waals surface area contributed by atoms with Crippen LogP contribution in [0.3, 0.4) is 0 Å². The first-order valence-electron chi connectivity index (χ1n) is 9.33. The molecular formula is C20H32N2O3. The molecule has 4 unspecified atom stereocenters. The Morgan fingerprint density at radius 2 is 2.00 bits per heavy atom. The predicted molar refractivity (Wildman–Crippen MR) is 99.5 cm³/mol. The van der Waals surface area contributed by atoms with Gasteiger partial charge in [-0.05, 0) is 31.7 Å². The van der Waals surface area contributed by atoms with Crippen molar-refractivity contribution in [1.82, 2.24) is 10.6 Å². The van der Waals surface area contributed by atoms with Gasteiger partial charge in [0.2, 0.25) is 0 Å². The molecule has 0 heterocycles. The molecule has 1 aromatic rings. The lowest BCUT2D eigenvalue weighted by Gasteiger charge is -2.38. The van der Waals surface area contributed by atoms with Crippen molar-refractivity contribution in [2.24, 2.45) is 5.41 Å². The van der Waals surface area contributed by atoms with Crippen LogP contribution in [0.25, 0.3) is 0 Å². The molecular weight excluding hydrogens is 316 g/mol. The maximum absolute atomic E-state index is 12.2. The van der Waals surface area contributed by atoms with Gasteiger partial charge in [-0.2, -0.15) is 0 Å². The average molecular weight is 348 g/mol. The lowest BCUT2D eigenvalue weighted by Crippen LogP contribution is -2.48. The van der Waals surface area contributed by atoms with E-state index in [0.29, 0.717) is 19.5 Å². The van der Waals surface area contributed by atoms with Crippen LogP contribution in [0, 0.1) is 5.41 Å². The van der Waals surface area contributed by atoms with Crippen LogP contribution < -0.4 is 10.6 Å². The van der Waals surface area contributed by atoms with Crippen molar-refractivity contribution in [3.63, 3.8) is 0 Å². The van der Waals surface area contributed by atoms with E-state index in [1.807, 2.05) is 37.3 Å². The Kier molecular flexibility index (Phi) is 7.26. The molecule has 2 rings (SSSR count). The molecule has 4 N–H and O–H groups in total. The summed E-state index contributed by atoms with van der Waals surface area (Å²) in [7, 11) is 0. The smallest absolute Gasteiger partial charge is 0.314 e. The Morgan fingerprint density at radius 1 is 1.28 bits per heavy atom. The third-order valence-electron chi connectivity index (χ3n) is 5.34. The van der Waals surface area contributed by atoms with Gasteiger partial charge in [-0.25, -0.2) is 4.79 Å². The van der Waals surface area contributed by atoms with Crippen molar-refractivity contribution in [1.29, 1.82) is 0 Å². The second kappa shape index (κ2) is 9.20. The third kappa shape index (κ3) is 6.01. The molecule has 0 aliphatic heterocycles. The fourth-order valence-electron chi connectivity index (χ4n) is 3.62. The molecule has 0 bridgehead atoms. The molecule has 5 nitrogen and oxygen atoms in total. The Morgan fingerprint density at radius 3 is 2.64 bits per heavy atom. The Balaban J connectivity index is 1.84. The predicted octanol–water partition coefficient (Wildman–Crippen LogP) is 2.78. The van der Waals surface area contributed by atoms with Gasteiger partial charge in [0.1, 0.15) is 0 Å². The minimum Gasteiger partial charge on any atom is -0.393 e. The molecule has 25 heavy (non-hydrogen) atoms. The maximum Gasteiger partial charge on any atom is 0.314 e. The molecule has 5 heteroatoms. The van der Waals surface area contributed by atoms with Crippen molar-refractivity contribution < 1.29 is 15.0 Å². The minimum atomic E-state index is -0.425. The summed E-state index contributed by atoms with van der Waals surface area (Å²) in [4.78, 5) is 12.2. The third-order valence-corrected chi connectivity index (χ3v) is 5.34. The number of nitrogens with one attached hydrogen (secondary N) is 2. The molecule has 1 aliphatic rings. The van der Waals surface area contributed by atoms with E-state index in [4.69, 9.17) is 0 Å². The largest absolute Gasteiger partial charge is 0.393 e. The molecule has 1 saturated carbocycles. The van der Waals surface area contributed by atoms with Crippen molar-refractivity contribution in [2.45, 2.75) is 64.1 Å². The molecule has 2 amide bonds. The first-order chi connectivity index (χ1) is 11.9. The van der Waals surface area contributed by atoms with E-state index in [0.717, 1.165) is 31.2 Å².